The van der Waals surface area contributed by atoms with Gasteiger partial charge in [-0.2, -0.15) is 0 Å². The second-order valence-electron chi connectivity index (χ2n) is 7.91. The van der Waals surface area contributed by atoms with Gasteiger partial charge in [0.2, 0.25) is 0 Å². The minimum Gasteiger partial charge on any atom is -0.494 e. The van der Waals surface area contributed by atoms with E-state index in [1.54, 1.807) is 0 Å². The van der Waals surface area contributed by atoms with Gasteiger partial charge in [-0.3, -0.25) is 4.79 Å². The van der Waals surface area contributed by atoms with E-state index >= 15 is 0 Å². The first kappa shape index (κ1) is 22.5. The van der Waals surface area contributed by atoms with E-state index < -0.39 is 5.60 Å². The van der Waals surface area contributed by atoms with Crippen LogP contribution in [-0.2, 0) is 9.53 Å². The zero-order valence-electron chi connectivity index (χ0n) is 17.6. The number of ether oxygens (including phenoxy) is 2. The standard InChI is InChI=1S/C22H37NO3/c1-8-12-26-22(14-16(3)4,15-17(5)6)21(24)23-19-10-11-20(25-9-2)18(7)13-19/h10-11,13,16-17H,8-9,12,14-15H2,1-7H3,(H,23,24). The third-order valence-electron chi connectivity index (χ3n) is 4.20. The van der Waals surface area contributed by atoms with E-state index in [0.717, 1.165) is 23.4 Å². The Morgan fingerprint density at radius 3 is 2.19 bits per heavy atom. The summed E-state index contributed by atoms with van der Waals surface area (Å²) in [7, 11) is 0. The van der Waals surface area contributed by atoms with Crippen LogP contribution < -0.4 is 10.1 Å². The Hall–Kier alpha value is -1.55. The van der Waals surface area contributed by atoms with Gasteiger partial charge in [-0.15, -0.1) is 0 Å². The zero-order valence-corrected chi connectivity index (χ0v) is 17.6. The average molecular weight is 364 g/mol. The van der Waals surface area contributed by atoms with Crippen molar-refractivity contribution in [3.05, 3.63) is 23.8 Å². The van der Waals surface area contributed by atoms with E-state index in [-0.39, 0.29) is 5.91 Å². The molecule has 148 valence electrons. The van der Waals surface area contributed by atoms with Crippen molar-refractivity contribution in [3.63, 3.8) is 0 Å². The molecule has 0 unspecified atom stereocenters. The largest absolute Gasteiger partial charge is 0.494 e. The van der Waals surface area contributed by atoms with Crippen LogP contribution in [0, 0.1) is 18.8 Å². The van der Waals surface area contributed by atoms with Crippen LogP contribution in [0.15, 0.2) is 18.2 Å². The van der Waals surface area contributed by atoms with Crippen molar-refractivity contribution >= 4 is 11.6 Å². The van der Waals surface area contributed by atoms with E-state index in [1.165, 1.54) is 0 Å². The molecule has 4 nitrogen and oxygen atoms in total. The number of carbonyl (C=O) groups is 1. The van der Waals surface area contributed by atoms with Crippen molar-refractivity contribution < 1.29 is 14.3 Å². The molecule has 1 aromatic rings. The van der Waals surface area contributed by atoms with Gasteiger partial charge >= 0.3 is 0 Å². The molecule has 0 bridgehead atoms. The van der Waals surface area contributed by atoms with Crippen LogP contribution in [0.3, 0.4) is 0 Å². The molecule has 1 rings (SSSR count). The number of anilines is 1. The third-order valence-corrected chi connectivity index (χ3v) is 4.20. The summed E-state index contributed by atoms with van der Waals surface area (Å²) in [6.45, 7) is 15.8. The van der Waals surface area contributed by atoms with Crippen molar-refractivity contribution in [2.24, 2.45) is 11.8 Å². The summed E-state index contributed by atoms with van der Waals surface area (Å²) >= 11 is 0. The molecule has 0 fully saturated rings. The Kier molecular flexibility index (Phi) is 9.14. The van der Waals surface area contributed by atoms with Gasteiger partial charge in [0.15, 0.2) is 0 Å². The normalized spacial score (nSPS) is 11.9. The van der Waals surface area contributed by atoms with Crippen molar-refractivity contribution in [3.8, 4) is 5.75 Å². The molecule has 1 N–H and O–H groups in total. The van der Waals surface area contributed by atoms with Crippen molar-refractivity contribution in [2.45, 2.75) is 73.3 Å². The third kappa shape index (κ3) is 6.64. The maximum absolute atomic E-state index is 13.3. The Balaban J connectivity index is 3.07. The smallest absolute Gasteiger partial charge is 0.256 e. The molecule has 0 aliphatic heterocycles. The van der Waals surface area contributed by atoms with Crippen LogP contribution >= 0.6 is 0 Å². The second-order valence-corrected chi connectivity index (χ2v) is 7.91. The SMILES string of the molecule is CCCOC(CC(C)C)(CC(C)C)C(=O)Nc1ccc(OCC)c(C)c1. The summed E-state index contributed by atoms with van der Waals surface area (Å²) in [6.07, 6.45) is 2.33. The number of amides is 1. The lowest BCUT2D eigenvalue weighted by Gasteiger charge is -2.35. The first-order chi connectivity index (χ1) is 12.2. The molecular formula is C22H37NO3. The van der Waals surface area contributed by atoms with Gasteiger partial charge in [0.25, 0.3) is 5.91 Å². The molecule has 4 heteroatoms. The number of carbonyl (C=O) groups excluding carboxylic acids is 1. The summed E-state index contributed by atoms with van der Waals surface area (Å²) in [5.41, 5.74) is 1.01. The molecule has 26 heavy (non-hydrogen) atoms. The van der Waals surface area contributed by atoms with Crippen LogP contribution in [0.1, 0.15) is 66.4 Å². The first-order valence-corrected chi connectivity index (χ1v) is 9.92. The Labute approximate surface area is 159 Å². The zero-order chi connectivity index (χ0) is 19.7. The second kappa shape index (κ2) is 10.6. The number of rotatable bonds is 11. The van der Waals surface area contributed by atoms with Gasteiger partial charge < -0.3 is 14.8 Å². The first-order valence-electron chi connectivity index (χ1n) is 9.92. The van der Waals surface area contributed by atoms with Crippen LogP contribution in [0.2, 0.25) is 0 Å². The van der Waals surface area contributed by atoms with Gasteiger partial charge in [-0.05, 0) is 68.7 Å². The summed E-state index contributed by atoms with van der Waals surface area (Å²) in [5.74, 6) is 1.55. The van der Waals surface area contributed by atoms with E-state index in [0.29, 0.717) is 37.9 Å². The molecule has 0 aromatic heterocycles. The molecule has 1 amide bonds. The van der Waals surface area contributed by atoms with Gasteiger partial charge in [0, 0.05) is 12.3 Å². The van der Waals surface area contributed by atoms with Crippen molar-refractivity contribution in [1.29, 1.82) is 0 Å². The highest BCUT2D eigenvalue weighted by Gasteiger charge is 2.40. The molecule has 0 spiro atoms. The topological polar surface area (TPSA) is 47.6 Å². The van der Waals surface area contributed by atoms with Crippen LogP contribution in [0.4, 0.5) is 5.69 Å². The number of hydrogen-bond donors (Lipinski definition) is 1. The van der Waals surface area contributed by atoms with E-state index in [9.17, 15) is 4.79 Å². The van der Waals surface area contributed by atoms with E-state index in [2.05, 4.69) is 39.9 Å². The highest BCUT2D eigenvalue weighted by molar-refractivity contribution is 5.97. The predicted molar refractivity (Wildman–Crippen MR) is 109 cm³/mol. The number of benzene rings is 1. The molecule has 0 saturated carbocycles. The van der Waals surface area contributed by atoms with Crippen LogP contribution in [-0.4, -0.2) is 24.7 Å². The minimum atomic E-state index is -0.787. The molecule has 0 atom stereocenters. The molecule has 0 radical (unpaired) electrons. The van der Waals surface area contributed by atoms with E-state index in [4.69, 9.17) is 9.47 Å². The molecular weight excluding hydrogens is 326 g/mol. The fourth-order valence-electron chi connectivity index (χ4n) is 3.36. The van der Waals surface area contributed by atoms with Crippen molar-refractivity contribution in [2.75, 3.05) is 18.5 Å². The number of aryl methyl sites for hydroxylation is 1. The van der Waals surface area contributed by atoms with Gasteiger partial charge in [-0.1, -0.05) is 34.6 Å². The van der Waals surface area contributed by atoms with Gasteiger partial charge in [0.1, 0.15) is 11.4 Å². The van der Waals surface area contributed by atoms with Gasteiger partial charge in [-0.25, -0.2) is 0 Å². The number of nitrogens with one attached hydrogen (secondary N) is 1. The molecule has 0 aliphatic rings. The summed E-state index contributed by atoms with van der Waals surface area (Å²) in [6, 6.07) is 5.76. The fourth-order valence-corrected chi connectivity index (χ4v) is 3.36. The Morgan fingerprint density at radius 2 is 1.73 bits per heavy atom. The summed E-state index contributed by atoms with van der Waals surface area (Å²) < 4.78 is 11.8. The highest BCUT2D eigenvalue weighted by Crippen LogP contribution is 2.31. The summed E-state index contributed by atoms with van der Waals surface area (Å²) in [5, 5.41) is 3.09. The lowest BCUT2D eigenvalue weighted by Crippen LogP contribution is -2.47. The predicted octanol–water partition coefficient (Wildman–Crippen LogP) is 5.59. The summed E-state index contributed by atoms with van der Waals surface area (Å²) in [4.78, 5) is 13.3. The average Bonchev–Trinajstić information content (AvgIpc) is 2.54. The van der Waals surface area contributed by atoms with E-state index in [1.807, 2.05) is 32.0 Å². The number of hydrogen-bond acceptors (Lipinski definition) is 3. The molecule has 1 aromatic carbocycles. The molecule has 0 aliphatic carbocycles. The maximum Gasteiger partial charge on any atom is 0.256 e. The lowest BCUT2D eigenvalue weighted by atomic mass is 9.83. The lowest BCUT2D eigenvalue weighted by molar-refractivity contribution is -0.147. The minimum absolute atomic E-state index is 0.0445. The Bertz CT molecular complexity index is 557. The Morgan fingerprint density at radius 1 is 1.12 bits per heavy atom. The maximum atomic E-state index is 13.3. The quantitative estimate of drug-likeness (QED) is 0.557. The highest BCUT2D eigenvalue weighted by atomic mass is 16.5. The van der Waals surface area contributed by atoms with Gasteiger partial charge in [0.05, 0.1) is 6.61 Å². The molecule has 0 heterocycles. The van der Waals surface area contributed by atoms with Crippen LogP contribution in [0.25, 0.3) is 0 Å². The monoisotopic (exact) mass is 363 g/mol. The van der Waals surface area contributed by atoms with Crippen molar-refractivity contribution in [1.82, 2.24) is 0 Å². The fraction of sp³-hybridized carbons (Fsp3) is 0.682. The molecule has 0 saturated heterocycles. The van der Waals surface area contributed by atoms with Crippen LogP contribution in [0.5, 0.6) is 5.75 Å².